The highest BCUT2D eigenvalue weighted by Gasteiger charge is 2.81. The van der Waals surface area contributed by atoms with Crippen molar-refractivity contribution in [1.82, 2.24) is 0 Å². The van der Waals surface area contributed by atoms with E-state index < -0.39 is 5.41 Å². The van der Waals surface area contributed by atoms with Gasteiger partial charge in [0.1, 0.15) is 5.78 Å². The molecule has 1 N–H and O–H groups in total. The predicted octanol–water partition coefficient (Wildman–Crippen LogP) is 2.42. The SMILES string of the molecule is CC(=O)C(C)(CO)COC1(C)C2CC3CC4CC4(C3)C21. The maximum absolute atomic E-state index is 11.7. The summed E-state index contributed by atoms with van der Waals surface area (Å²) in [6.45, 7) is 5.87. The minimum Gasteiger partial charge on any atom is -0.395 e. The van der Waals surface area contributed by atoms with Crippen LogP contribution in [0.25, 0.3) is 0 Å². The number of fused-ring (bicyclic) bond motifs is 2. The summed E-state index contributed by atoms with van der Waals surface area (Å²) < 4.78 is 6.27. The summed E-state index contributed by atoms with van der Waals surface area (Å²) >= 11 is 0. The molecule has 112 valence electrons. The summed E-state index contributed by atoms with van der Waals surface area (Å²) in [6, 6.07) is 0. The minimum absolute atomic E-state index is 0.0181. The van der Waals surface area contributed by atoms with E-state index in [1.165, 1.54) is 25.7 Å². The Morgan fingerprint density at radius 3 is 2.80 bits per heavy atom. The van der Waals surface area contributed by atoms with Crippen LogP contribution in [0.5, 0.6) is 0 Å². The highest BCUT2D eigenvalue weighted by molar-refractivity contribution is 5.82. The summed E-state index contributed by atoms with van der Waals surface area (Å²) in [5.74, 6) is 3.39. The van der Waals surface area contributed by atoms with Crippen LogP contribution < -0.4 is 0 Å². The van der Waals surface area contributed by atoms with E-state index in [-0.39, 0.29) is 18.0 Å². The largest absolute Gasteiger partial charge is 0.395 e. The topological polar surface area (TPSA) is 46.5 Å². The Labute approximate surface area is 121 Å². The van der Waals surface area contributed by atoms with E-state index in [9.17, 15) is 9.90 Å². The van der Waals surface area contributed by atoms with Crippen molar-refractivity contribution < 1.29 is 14.6 Å². The first kappa shape index (κ1) is 13.3. The second-order valence-electron chi connectivity index (χ2n) is 8.51. The van der Waals surface area contributed by atoms with Crippen LogP contribution in [0.3, 0.4) is 0 Å². The number of ether oxygens (including phenoxy) is 1. The van der Waals surface area contributed by atoms with Crippen molar-refractivity contribution in [3.05, 3.63) is 0 Å². The van der Waals surface area contributed by atoms with Crippen molar-refractivity contribution in [3.8, 4) is 0 Å². The van der Waals surface area contributed by atoms with Crippen molar-refractivity contribution in [2.45, 2.75) is 52.1 Å². The first-order chi connectivity index (χ1) is 9.36. The molecule has 3 heteroatoms. The zero-order chi connectivity index (χ0) is 14.3. The molecular formula is C17H26O3. The van der Waals surface area contributed by atoms with Crippen LogP contribution in [0, 0.1) is 34.5 Å². The number of rotatable bonds is 5. The van der Waals surface area contributed by atoms with Gasteiger partial charge in [0.15, 0.2) is 0 Å². The lowest BCUT2D eigenvalue weighted by atomic mass is 9.83. The Balaban J connectivity index is 1.47. The predicted molar refractivity (Wildman–Crippen MR) is 75.1 cm³/mol. The molecule has 2 bridgehead atoms. The van der Waals surface area contributed by atoms with Crippen LogP contribution in [-0.2, 0) is 9.53 Å². The molecule has 20 heavy (non-hydrogen) atoms. The van der Waals surface area contributed by atoms with E-state index in [1.54, 1.807) is 6.92 Å². The van der Waals surface area contributed by atoms with E-state index >= 15 is 0 Å². The molecule has 1 spiro atoms. The van der Waals surface area contributed by atoms with E-state index in [0.717, 1.165) is 17.8 Å². The summed E-state index contributed by atoms with van der Waals surface area (Å²) in [5.41, 5.74) is -0.127. The van der Waals surface area contributed by atoms with Crippen molar-refractivity contribution >= 4 is 5.78 Å². The van der Waals surface area contributed by atoms with E-state index in [0.29, 0.717) is 17.9 Å². The highest BCUT2D eigenvalue weighted by Crippen LogP contribution is 2.84. The summed E-state index contributed by atoms with van der Waals surface area (Å²) in [4.78, 5) is 11.7. The molecule has 0 aromatic carbocycles. The molecule has 7 atom stereocenters. The Morgan fingerprint density at radius 2 is 2.15 bits per heavy atom. The van der Waals surface area contributed by atoms with Gasteiger partial charge in [0.2, 0.25) is 0 Å². The van der Waals surface area contributed by atoms with Crippen LogP contribution in [0.15, 0.2) is 0 Å². The number of Topliss-reactive ketones (excluding diaryl/α,β-unsaturated/α-hetero) is 1. The zero-order valence-electron chi connectivity index (χ0n) is 12.8. The molecule has 0 radical (unpaired) electrons. The normalized spacial score (nSPS) is 53.8. The monoisotopic (exact) mass is 278 g/mol. The molecule has 4 fully saturated rings. The van der Waals surface area contributed by atoms with Crippen molar-refractivity contribution in [1.29, 1.82) is 0 Å². The molecule has 4 saturated carbocycles. The van der Waals surface area contributed by atoms with E-state index in [2.05, 4.69) is 6.92 Å². The molecule has 0 saturated heterocycles. The van der Waals surface area contributed by atoms with Gasteiger partial charge in [-0.2, -0.15) is 0 Å². The van der Waals surface area contributed by atoms with Gasteiger partial charge >= 0.3 is 0 Å². The fraction of sp³-hybridized carbons (Fsp3) is 0.941. The van der Waals surface area contributed by atoms with Crippen LogP contribution in [0.1, 0.15) is 46.5 Å². The smallest absolute Gasteiger partial charge is 0.140 e. The second-order valence-corrected chi connectivity index (χ2v) is 8.51. The molecule has 0 aromatic rings. The maximum atomic E-state index is 11.7. The molecule has 0 amide bonds. The number of aliphatic hydroxyl groups is 1. The summed E-state index contributed by atoms with van der Waals surface area (Å²) in [5, 5.41) is 9.49. The fourth-order valence-electron chi connectivity index (χ4n) is 5.73. The van der Waals surface area contributed by atoms with Gasteiger partial charge in [0.25, 0.3) is 0 Å². The van der Waals surface area contributed by atoms with Gasteiger partial charge in [-0.25, -0.2) is 0 Å². The fourth-order valence-corrected chi connectivity index (χ4v) is 5.73. The zero-order valence-corrected chi connectivity index (χ0v) is 12.8. The third-order valence-electron chi connectivity index (χ3n) is 7.32. The molecule has 0 aliphatic heterocycles. The molecule has 0 heterocycles. The van der Waals surface area contributed by atoms with Gasteiger partial charge in [0.05, 0.1) is 24.2 Å². The van der Waals surface area contributed by atoms with Crippen molar-refractivity contribution in [2.75, 3.05) is 13.2 Å². The lowest BCUT2D eigenvalue weighted by Gasteiger charge is -2.27. The molecule has 0 aromatic heterocycles. The van der Waals surface area contributed by atoms with E-state index in [4.69, 9.17) is 4.74 Å². The Kier molecular flexibility index (Phi) is 2.43. The Morgan fingerprint density at radius 1 is 1.40 bits per heavy atom. The third kappa shape index (κ3) is 1.46. The highest BCUT2D eigenvalue weighted by atomic mass is 16.5. The van der Waals surface area contributed by atoms with Gasteiger partial charge in [-0.1, -0.05) is 0 Å². The van der Waals surface area contributed by atoms with Crippen molar-refractivity contribution in [3.63, 3.8) is 0 Å². The molecule has 4 rings (SSSR count). The number of carbonyl (C=O) groups excluding carboxylic acids is 1. The standard InChI is InChI=1S/C17H26O3/c1-10(19)15(2,8-18)9-20-16(3)13-5-11-4-12-7-17(12,6-11)14(13)16/h11-14,18H,4-9H2,1-3H3. The van der Waals surface area contributed by atoms with Crippen LogP contribution in [-0.4, -0.2) is 29.7 Å². The number of carbonyl (C=O) groups is 1. The second kappa shape index (κ2) is 3.67. The van der Waals surface area contributed by atoms with Gasteiger partial charge < -0.3 is 9.84 Å². The third-order valence-corrected chi connectivity index (χ3v) is 7.32. The number of ketones is 1. The molecule has 4 aliphatic rings. The molecular weight excluding hydrogens is 252 g/mol. The van der Waals surface area contributed by atoms with Crippen LogP contribution in [0.2, 0.25) is 0 Å². The summed E-state index contributed by atoms with van der Waals surface area (Å²) in [7, 11) is 0. The van der Waals surface area contributed by atoms with Crippen LogP contribution >= 0.6 is 0 Å². The lowest BCUT2D eigenvalue weighted by Crippen LogP contribution is -2.37. The number of hydrogen-bond donors (Lipinski definition) is 1. The van der Waals surface area contributed by atoms with Gasteiger partial charge in [-0.3, -0.25) is 4.79 Å². The van der Waals surface area contributed by atoms with E-state index in [1.807, 2.05) is 6.92 Å². The average Bonchev–Trinajstić information content (AvgIpc) is 3.21. The minimum atomic E-state index is -0.728. The first-order valence-electron chi connectivity index (χ1n) is 8.11. The van der Waals surface area contributed by atoms with Gasteiger partial charge in [-0.15, -0.1) is 0 Å². The average molecular weight is 278 g/mol. The molecule has 7 unspecified atom stereocenters. The number of aliphatic hydroxyl groups excluding tert-OH is 1. The Hall–Kier alpha value is -0.410. The van der Waals surface area contributed by atoms with Crippen LogP contribution in [0.4, 0.5) is 0 Å². The lowest BCUT2D eigenvalue weighted by molar-refractivity contribution is -0.135. The quantitative estimate of drug-likeness (QED) is 0.840. The number of hydrogen-bond acceptors (Lipinski definition) is 3. The Bertz CT molecular complexity index is 475. The van der Waals surface area contributed by atoms with Crippen molar-refractivity contribution in [2.24, 2.45) is 34.5 Å². The molecule has 4 aliphatic carbocycles. The molecule has 3 nitrogen and oxygen atoms in total. The van der Waals surface area contributed by atoms with Gasteiger partial charge in [-0.05, 0) is 75.5 Å². The maximum Gasteiger partial charge on any atom is 0.140 e. The van der Waals surface area contributed by atoms with Gasteiger partial charge in [0, 0.05) is 0 Å². The first-order valence-corrected chi connectivity index (χ1v) is 8.11. The summed E-state index contributed by atoms with van der Waals surface area (Å²) in [6.07, 6.45) is 5.65.